The number of likely N-dealkylation sites (N-methyl/N-ethyl adjacent to an activating group) is 1. The number of hydrogen-bond donors (Lipinski definition) is 2. The molecule has 2 unspecified atom stereocenters. The molecule has 1 saturated heterocycles. The van der Waals surface area contributed by atoms with Crippen LogP contribution in [0.5, 0.6) is 17.2 Å². The Balaban J connectivity index is 1.54. The molecule has 11 heteroatoms. The maximum absolute atomic E-state index is 12.4. The van der Waals surface area contributed by atoms with Crippen LogP contribution in [0.1, 0.15) is 101 Å². The number of hydrogen-bond acceptors (Lipinski definition) is 8. The van der Waals surface area contributed by atoms with Gasteiger partial charge in [0.1, 0.15) is 25.0 Å². The Hall–Kier alpha value is -1.39. The molecule has 266 valence electrons. The number of phosphoric ester groups is 1. The lowest BCUT2D eigenvalue weighted by molar-refractivity contribution is -0.870. The average Bonchev–Trinajstić information content (AvgIpc) is 3.04. The third-order valence-electron chi connectivity index (χ3n) is 8.09. The predicted octanol–water partition coefficient (Wildman–Crippen LogP) is 9.21. The normalized spacial score (nSPS) is 18.8. The molecule has 0 bridgehead atoms. The van der Waals surface area contributed by atoms with Crippen LogP contribution in [0.2, 0.25) is 0 Å². The van der Waals surface area contributed by atoms with Crippen LogP contribution in [0, 0.1) is 0 Å². The zero-order valence-electron chi connectivity index (χ0n) is 29.2. The Morgan fingerprint density at radius 3 is 1.96 bits per heavy atom. The van der Waals surface area contributed by atoms with E-state index in [0.29, 0.717) is 35.9 Å². The van der Waals surface area contributed by atoms with Gasteiger partial charge in [-0.05, 0) is 48.2 Å². The van der Waals surface area contributed by atoms with Crippen LogP contribution in [0.15, 0.2) is 42.5 Å². The first-order valence-corrected chi connectivity index (χ1v) is 21.0. The van der Waals surface area contributed by atoms with Gasteiger partial charge in [0, 0.05) is 17.4 Å². The van der Waals surface area contributed by atoms with Crippen LogP contribution < -0.4 is 14.0 Å². The number of aliphatic hydroxyl groups is 1. The molecular weight excluding hydrogens is 654 g/mol. The van der Waals surface area contributed by atoms with E-state index in [1.54, 1.807) is 35.7 Å². The minimum atomic E-state index is -4.19. The zero-order chi connectivity index (χ0) is 34.1. The van der Waals surface area contributed by atoms with Gasteiger partial charge in [0.2, 0.25) is 0 Å². The van der Waals surface area contributed by atoms with Crippen molar-refractivity contribution in [3.05, 3.63) is 53.6 Å². The maximum atomic E-state index is 12.4. The standard InChI is InChI=1S/C36H58NO7PS2/c1-6-8-10-12-14-23-41-33-21-18-30(26-34(33)42-24-15-13-11-9-7-2)35(38)36-46-27-31(28-47-36)29-16-19-32(20-17-29)44-45(39,40)43-25-22-37(3,4)5/h16-21,26,31,35-36,38H,6-15,22-25,27-28H2,1-5H3/p+1. The van der Waals surface area contributed by atoms with E-state index in [2.05, 4.69) is 13.8 Å². The Bertz CT molecular complexity index is 1200. The van der Waals surface area contributed by atoms with Crippen molar-refractivity contribution in [3.63, 3.8) is 0 Å². The van der Waals surface area contributed by atoms with E-state index in [4.69, 9.17) is 18.5 Å². The molecule has 0 saturated carbocycles. The van der Waals surface area contributed by atoms with Gasteiger partial charge in [-0.2, -0.15) is 0 Å². The summed E-state index contributed by atoms with van der Waals surface area (Å²) in [6, 6.07) is 13.2. The predicted molar refractivity (Wildman–Crippen MR) is 197 cm³/mol. The first-order chi connectivity index (χ1) is 22.5. The summed E-state index contributed by atoms with van der Waals surface area (Å²) >= 11 is 3.52. The number of ether oxygens (including phenoxy) is 2. The molecule has 0 aromatic heterocycles. The van der Waals surface area contributed by atoms with Crippen LogP contribution in [-0.4, -0.2) is 78.1 Å². The van der Waals surface area contributed by atoms with E-state index >= 15 is 0 Å². The fraction of sp³-hybridized carbons (Fsp3) is 0.667. The van der Waals surface area contributed by atoms with Crippen molar-refractivity contribution in [2.75, 3.05) is 59.0 Å². The molecule has 0 radical (unpaired) electrons. The average molecular weight is 713 g/mol. The van der Waals surface area contributed by atoms with Crippen molar-refractivity contribution >= 4 is 31.3 Å². The molecule has 0 aliphatic carbocycles. The summed E-state index contributed by atoms with van der Waals surface area (Å²) in [5.41, 5.74) is 1.98. The molecule has 0 amide bonds. The molecule has 0 spiro atoms. The molecule has 1 aliphatic rings. The van der Waals surface area contributed by atoms with Crippen LogP contribution in [0.3, 0.4) is 0 Å². The zero-order valence-corrected chi connectivity index (χ0v) is 31.8. The number of thioether (sulfide) groups is 2. The molecule has 1 heterocycles. The quantitative estimate of drug-likeness (QED) is 0.0665. The molecule has 3 rings (SSSR count). The van der Waals surface area contributed by atoms with Crippen molar-refractivity contribution in [3.8, 4) is 17.2 Å². The summed E-state index contributed by atoms with van der Waals surface area (Å²) in [5, 5.41) is 11.4. The number of unbranched alkanes of at least 4 members (excludes halogenated alkanes) is 8. The van der Waals surface area contributed by atoms with Crippen molar-refractivity contribution < 1.29 is 37.6 Å². The molecular formula is C36H59NO7PS2+. The van der Waals surface area contributed by atoms with Gasteiger partial charge >= 0.3 is 7.82 Å². The van der Waals surface area contributed by atoms with Crippen LogP contribution in [0.25, 0.3) is 0 Å². The highest BCUT2D eigenvalue weighted by molar-refractivity contribution is 8.17. The third kappa shape index (κ3) is 15.4. The molecule has 8 nitrogen and oxygen atoms in total. The Morgan fingerprint density at radius 2 is 1.38 bits per heavy atom. The van der Waals surface area contributed by atoms with Gasteiger partial charge in [-0.15, -0.1) is 23.5 Å². The maximum Gasteiger partial charge on any atom is 0.527 e. The first-order valence-electron chi connectivity index (χ1n) is 17.4. The Kier molecular flexibility index (Phi) is 17.9. The number of phosphoric acid groups is 1. The van der Waals surface area contributed by atoms with Gasteiger partial charge in [-0.1, -0.05) is 83.4 Å². The van der Waals surface area contributed by atoms with E-state index in [0.717, 1.165) is 53.4 Å². The lowest BCUT2D eigenvalue weighted by atomic mass is 10.0. The molecule has 1 fully saturated rings. The summed E-state index contributed by atoms with van der Waals surface area (Å²) < 4.78 is 35.8. The van der Waals surface area contributed by atoms with E-state index in [-0.39, 0.29) is 11.2 Å². The SMILES string of the molecule is CCCCCCCOc1ccc(C(O)C2SCC(c3ccc(OP(=O)(O)OCC[N+](C)(C)C)cc3)CS2)cc1OCCCCCCC. The monoisotopic (exact) mass is 712 g/mol. The Labute approximate surface area is 292 Å². The summed E-state index contributed by atoms with van der Waals surface area (Å²) in [5.74, 6) is 3.81. The second-order valence-electron chi connectivity index (χ2n) is 13.4. The topological polar surface area (TPSA) is 94.5 Å². The van der Waals surface area contributed by atoms with Crippen LogP contribution in [-0.2, 0) is 9.09 Å². The number of quaternary nitrogens is 1. The third-order valence-corrected chi connectivity index (χ3v) is 12.2. The highest BCUT2D eigenvalue weighted by Gasteiger charge is 2.30. The molecule has 2 atom stereocenters. The second-order valence-corrected chi connectivity index (χ2v) is 17.4. The van der Waals surface area contributed by atoms with E-state index in [1.807, 2.05) is 51.5 Å². The van der Waals surface area contributed by atoms with E-state index < -0.39 is 13.9 Å². The minimum Gasteiger partial charge on any atom is -0.490 e. The highest BCUT2D eigenvalue weighted by atomic mass is 32.2. The molecule has 2 N–H and O–H groups in total. The molecule has 47 heavy (non-hydrogen) atoms. The summed E-state index contributed by atoms with van der Waals surface area (Å²) in [6.45, 7) is 6.48. The van der Waals surface area contributed by atoms with Gasteiger partial charge < -0.3 is 23.6 Å². The van der Waals surface area contributed by atoms with Gasteiger partial charge in [0.15, 0.2) is 11.5 Å². The van der Waals surface area contributed by atoms with Gasteiger partial charge in [-0.25, -0.2) is 4.57 Å². The first kappa shape index (κ1) is 40.0. The molecule has 2 aromatic carbocycles. The van der Waals surface area contributed by atoms with E-state index in [1.165, 1.54) is 44.9 Å². The van der Waals surface area contributed by atoms with Gasteiger partial charge in [0.25, 0.3) is 0 Å². The summed E-state index contributed by atoms with van der Waals surface area (Å²) in [6.07, 6.45) is 11.2. The highest BCUT2D eigenvalue weighted by Crippen LogP contribution is 2.46. The van der Waals surface area contributed by atoms with Gasteiger partial charge in [-0.3, -0.25) is 9.42 Å². The Morgan fingerprint density at radius 1 is 0.809 bits per heavy atom. The smallest absolute Gasteiger partial charge is 0.490 e. The van der Waals surface area contributed by atoms with Crippen molar-refractivity contribution in [2.45, 2.75) is 94.7 Å². The van der Waals surface area contributed by atoms with E-state index in [9.17, 15) is 14.6 Å². The lowest BCUT2D eigenvalue weighted by Gasteiger charge is -2.31. The fourth-order valence-electron chi connectivity index (χ4n) is 5.16. The number of nitrogens with zero attached hydrogens (tertiary/aromatic N) is 1. The number of benzene rings is 2. The largest absolute Gasteiger partial charge is 0.527 e. The van der Waals surface area contributed by atoms with Crippen molar-refractivity contribution in [1.29, 1.82) is 0 Å². The second kappa shape index (κ2) is 21.0. The van der Waals surface area contributed by atoms with Crippen LogP contribution in [0.4, 0.5) is 0 Å². The fourth-order valence-corrected chi connectivity index (χ4v) is 9.06. The molecule has 1 aliphatic heterocycles. The van der Waals surface area contributed by atoms with Crippen LogP contribution >= 0.6 is 31.3 Å². The molecule has 2 aromatic rings. The minimum absolute atomic E-state index is 0.00484. The summed E-state index contributed by atoms with van der Waals surface area (Å²) in [4.78, 5) is 10.1. The van der Waals surface area contributed by atoms with Crippen molar-refractivity contribution in [2.24, 2.45) is 0 Å². The van der Waals surface area contributed by atoms with Crippen molar-refractivity contribution in [1.82, 2.24) is 0 Å². The van der Waals surface area contributed by atoms with Gasteiger partial charge in [0.05, 0.1) is 38.9 Å². The lowest BCUT2D eigenvalue weighted by Crippen LogP contribution is -2.37. The number of aliphatic hydroxyl groups excluding tert-OH is 1. The summed E-state index contributed by atoms with van der Waals surface area (Å²) in [7, 11) is 1.78. The number of rotatable bonds is 23.